The molecule has 3 heteroatoms. The van der Waals surface area contributed by atoms with E-state index in [-0.39, 0.29) is 12.0 Å². The maximum absolute atomic E-state index is 9.48. The van der Waals surface area contributed by atoms with E-state index in [0.29, 0.717) is 6.04 Å². The second-order valence-electron chi connectivity index (χ2n) is 5.09. The van der Waals surface area contributed by atoms with E-state index in [1.807, 2.05) is 19.2 Å². The summed E-state index contributed by atoms with van der Waals surface area (Å²) in [6.07, 6.45) is 5.26. The molecule has 1 aliphatic rings. The molecule has 0 saturated heterocycles. The van der Waals surface area contributed by atoms with Crippen LogP contribution in [0.2, 0.25) is 0 Å². The van der Waals surface area contributed by atoms with E-state index < -0.39 is 0 Å². The van der Waals surface area contributed by atoms with Crippen molar-refractivity contribution in [2.75, 3.05) is 11.9 Å². The number of nitrogens with zero attached hydrogens (tertiary/aromatic N) is 1. The van der Waals surface area contributed by atoms with Crippen molar-refractivity contribution in [2.45, 2.75) is 39.2 Å². The van der Waals surface area contributed by atoms with Crippen molar-refractivity contribution in [1.82, 2.24) is 4.98 Å². The summed E-state index contributed by atoms with van der Waals surface area (Å²) in [5.41, 5.74) is 2.16. The van der Waals surface area contributed by atoms with Gasteiger partial charge in [-0.25, -0.2) is 0 Å². The Bertz CT molecular complexity index is 367. The van der Waals surface area contributed by atoms with E-state index in [0.717, 1.165) is 24.2 Å². The lowest BCUT2D eigenvalue weighted by Gasteiger charge is -2.30. The highest BCUT2D eigenvalue weighted by atomic mass is 16.3. The highest BCUT2D eigenvalue weighted by Crippen LogP contribution is 2.39. The number of aryl methyl sites for hydroxylation is 1. The van der Waals surface area contributed by atoms with E-state index in [1.165, 1.54) is 6.42 Å². The Kier molecular flexibility index (Phi) is 3.15. The van der Waals surface area contributed by atoms with Crippen LogP contribution in [-0.4, -0.2) is 22.7 Å². The van der Waals surface area contributed by atoms with Crippen LogP contribution in [0, 0.1) is 12.3 Å². The third-order valence-corrected chi connectivity index (χ3v) is 3.68. The number of aromatic nitrogens is 1. The van der Waals surface area contributed by atoms with Gasteiger partial charge in [-0.2, -0.15) is 0 Å². The molecular formula is C13H20N2O. The normalized spacial score (nSPS) is 29.3. The van der Waals surface area contributed by atoms with Gasteiger partial charge in [0, 0.05) is 29.0 Å². The molecule has 1 saturated carbocycles. The van der Waals surface area contributed by atoms with Crippen molar-refractivity contribution in [3.8, 4) is 0 Å². The molecule has 0 aliphatic heterocycles. The summed E-state index contributed by atoms with van der Waals surface area (Å²) >= 11 is 0. The summed E-state index contributed by atoms with van der Waals surface area (Å²) in [6, 6.07) is 4.42. The lowest BCUT2D eigenvalue weighted by molar-refractivity contribution is 0.139. The minimum absolute atomic E-state index is 0.0250. The van der Waals surface area contributed by atoms with Crippen LogP contribution >= 0.6 is 0 Å². The quantitative estimate of drug-likeness (QED) is 0.822. The Morgan fingerprint density at radius 3 is 3.12 bits per heavy atom. The second kappa shape index (κ2) is 4.42. The highest BCUT2D eigenvalue weighted by Gasteiger charge is 2.38. The van der Waals surface area contributed by atoms with Crippen molar-refractivity contribution < 1.29 is 5.11 Å². The van der Waals surface area contributed by atoms with Crippen molar-refractivity contribution in [3.63, 3.8) is 0 Å². The van der Waals surface area contributed by atoms with Crippen molar-refractivity contribution in [3.05, 3.63) is 24.0 Å². The Hall–Kier alpha value is -1.09. The fourth-order valence-electron chi connectivity index (χ4n) is 2.50. The number of nitrogens with one attached hydrogen (secondary N) is 1. The van der Waals surface area contributed by atoms with E-state index in [2.05, 4.69) is 23.3 Å². The number of hydrogen-bond donors (Lipinski definition) is 2. The maximum Gasteiger partial charge on any atom is 0.0504 e. The maximum atomic E-state index is 9.48. The van der Waals surface area contributed by atoms with Gasteiger partial charge < -0.3 is 10.4 Å². The topological polar surface area (TPSA) is 45.1 Å². The van der Waals surface area contributed by atoms with Crippen LogP contribution in [0.15, 0.2) is 18.3 Å². The molecule has 2 unspecified atom stereocenters. The van der Waals surface area contributed by atoms with Crippen LogP contribution in [0.1, 0.15) is 31.9 Å². The van der Waals surface area contributed by atoms with Crippen LogP contribution in [0.25, 0.3) is 0 Å². The molecule has 1 aromatic rings. The Balaban J connectivity index is 2.10. The van der Waals surface area contributed by atoms with Gasteiger partial charge in [-0.3, -0.25) is 4.98 Å². The summed E-state index contributed by atoms with van der Waals surface area (Å²) in [6.45, 7) is 4.41. The summed E-state index contributed by atoms with van der Waals surface area (Å²) < 4.78 is 0. The van der Waals surface area contributed by atoms with Gasteiger partial charge in [-0.05, 0) is 31.9 Å². The zero-order valence-electron chi connectivity index (χ0n) is 10.0. The van der Waals surface area contributed by atoms with Crippen molar-refractivity contribution >= 4 is 5.69 Å². The van der Waals surface area contributed by atoms with Gasteiger partial charge in [0.2, 0.25) is 0 Å². The molecular weight excluding hydrogens is 200 g/mol. The third-order valence-electron chi connectivity index (χ3n) is 3.68. The molecule has 16 heavy (non-hydrogen) atoms. The van der Waals surface area contributed by atoms with Gasteiger partial charge in [0.1, 0.15) is 0 Å². The fourth-order valence-corrected chi connectivity index (χ4v) is 2.50. The highest BCUT2D eigenvalue weighted by molar-refractivity contribution is 5.44. The minimum Gasteiger partial charge on any atom is -0.396 e. The van der Waals surface area contributed by atoms with Crippen molar-refractivity contribution in [2.24, 2.45) is 5.41 Å². The molecule has 2 atom stereocenters. The first-order valence-corrected chi connectivity index (χ1v) is 5.94. The predicted octanol–water partition coefficient (Wildman–Crippen LogP) is 2.35. The molecule has 1 fully saturated rings. The SMILES string of the molecule is Cc1cc(NC2CCCC2(C)CO)ccn1. The van der Waals surface area contributed by atoms with Gasteiger partial charge in [0.25, 0.3) is 0 Å². The summed E-state index contributed by atoms with van der Waals surface area (Å²) in [7, 11) is 0. The lowest BCUT2D eigenvalue weighted by atomic mass is 9.85. The number of pyridine rings is 1. The molecule has 88 valence electrons. The van der Waals surface area contributed by atoms with Crippen LogP contribution in [0.3, 0.4) is 0 Å². The third kappa shape index (κ3) is 2.19. The molecule has 2 rings (SSSR count). The number of aliphatic hydroxyl groups is 1. The summed E-state index contributed by atoms with van der Waals surface area (Å²) in [4.78, 5) is 4.18. The minimum atomic E-state index is 0.0250. The first-order chi connectivity index (χ1) is 7.64. The number of aliphatic hydroxyl groups excluding tert-OH is 1. The smallest absolute Gasteiger partial charge is 0.0504 e. The standard InChI is InChI=1S/C13H20N2O/c1-10-8-11(5-7-14-10)15-12-4-3-6-13(12,2)9-16/h5,7-8,12,16H,3-4,6,9H2,1-2H3,(H,14,15). The largest absolute Gasteiger partial charge is 0.396 e. The second-order valence-corrected chi connectivity index (χ2v) is 5.09. The fraction of sp³-hybridized carbons (Fsp3) is 0.615. The zero-order chi connectivity index (χ0) is 11.6. The van der Waals surface area contributed by atoms with Crippen LogP contribution in [0.5, 0.6) is 0 Å². The first kappa shape index (κ1) is 11.4. The average Bonchev–Trinajstić information content (AvgIpc) is 2.61. The van der Waals surface area contributed by atoms with E-state index in [9.17, 15) is 5.11 Å². The zero-order valence-corrected chi connectivity index (χ0v) is 10.0. The average molecular weight is 220 g/mol. The van der Waals surface area contributed by atoms with E-state index >= 15 is 0 Å². The number of anilines is 1. The van der Waals surface area contributed by atoms with Crippen LogP contribution < -0.4 is 5.32 Å². The molecule has 1 aromatic heterocycles. The molecule has 0 bridgehead atoms. The Morgan fingerprint density at radius 1 is 1.62 bits per heavy atom. The van der Waals surface area contributed by atoms with Gasteiger partial charge in [0.05, 0.1) is 6.61 Å². The van der Waals surface area contributed by atoms with Gasteiger partial charge in [-0.1, -0.05) is 13.3 Å². The molecule has 0 amide bonds. The molecule has 0 aromatic carbocycles. The van der Waals surface area contributed by atoms with Gasteiger partial charge >= 0.3 is 0 Å². The molecule has 0 spiro atoms. The van der Waals surface area contributed by atoms with Crippen LogP contribution in [0.4, 0.5) is 5.69 Å². The number of rotatable bonds is 3. The molecule has 0 radical (unpaired) electrons. The lowest BCUT2D eigenvalue weighted by Crippen LogP contribution is -2.36. The van der Waals surface area contributed by atoms with Gasteiger partial charge in [0.15, 0.2) is 0 Å². The molecule has 2 N–H and O–H groups in total. The van der Waals surface area contributed by atoms with Crippen LogP contribution in [-0.2, 0) is 0 Å². The van der Waals surface area contributed by atoms with Crippen molar-refractivity contribution in [1.29, 1.82) is 0 Å². The summed E-state index contributed by atoms with van der Waals surface area (Å²) in [5, 5.41) is 13.0. The molecule has 3 nitrogen and oxygen atoms in total. The monoisotopic (exact) mass is 220 g/mol. The molecule has 1 heterocycles. The van der Waals surface area contributed by atoms with Gasteiger partial charge in [-0.15, -0.1) is 0 Å². The van der Waals surface area contributed by atoms with E-state index in [4.69, 9.17) is 0 Å². The number of hydrogen-bond acceptors (Lipinski definition) is 3. The Labute approximate surface area is 96.9 Å². The predicted molar refractivity (Wildman–Crippen MR) is 65.4 cm³/mol. The Morgan fingerprint density at radius 2 is 2.44 bits per heavy atom. The molecule has 1 aliphatic carbocycles. The first-order valence-electron chi connectivity index (χ1n) is 5.94. The van der Waals surface area contributed by atoms with E-state index in [1.54, 1.807) is 0 Å². The summed E-state index contributed by atoms with van der Waals surface area (Å²) in [5.74, 6) is 0.